The molecule has 1 heterocycles. The topological polar surface area (TPSA) is 91.0 Å². The standard InChI is InChI=1S/C14H19FN4O2/c1-14(12(16)18-21)6-8-19(9-7-14)13(20)17-11-4-2-10(15)3-5-11/h2-5,21H,6-9H2,1H3,(H2,16,18)(H,17,20). The molecule has 0 atom stereocenters. The summed E-state index contributed by atoms with van der Waals surface area (Å²) in [6, 6.07) is 5.38. The summed E-state index contributed by atoms with van der Waals surface area (Å²) in [6.45, 7) is 2.94. The highest BCUT2D eigenvalue weighted by atomic mass is 19.1. The lowest BCUT2D eigenvalue weighted by molar-refractivity contribution is 0.168. The van der Waals surface area contributed by atoms with Gasteiger partial charge in [0, 0.05) is 24.2 Å². The minimum Gasteiger partial charge on any atom is -0.409 e. The number of urea groups is 1. The maximum absolute atomic E-state index is 12.8. The molecular formula is C14H19FN4O2. The van der Waals surface area contributed by atoms with Crippen molar-refractivity contribution in [3.8, 4) is 0 Å². The molecule has 1 aromatic rings. The molecule has 21 heavy (non-hydrogen) atoms. The second-order valence-corrected chi connectivity index (χ2v) is 5.47. The number of anilines is 1. The summed E-state index contributed by atoms with van der Waals surface area (Å²) in [4.78, 5) is 13.8. The van der Waals surface area contributed by atoms with Crippen molar-refractivity contribution in [3.63, 3.8) is 0 Å². The van der Waals surface area contributed by atoms with Gasteiger partial charge in [0.25, 0.3) is 0 Å². The van der Waals surface area contributed by atoms with Gasteiger partial charge in [0.15, 0.2) is 0 Å². The average Bonchev–Trinajstić information content (AvgIpc) is 2.49. The van der Waals surface area contributed by atoms with Crippen LogP contribution in [0.4, 0.5) is 14.9 Å². The second-order valence-electron chi connectivity index (χ2n) is 5.47. The van der Waals surface area contributed by atoms with Crippen LogP contribution in [-0.4, -0.2) is 35.1 Å². The number of oxime groups is 1. The van der Waals surface area contributed by atoms with Crippen molar-refractivity contribution in [2.24, 2.45) is 16.3 Å². The third-order valence-corrected chi connectivity index (χ3v) is 3.98. The molecule has 0 unspecified atom stereocenters. The Labute approximate surface area is 122 Å². The van der Waals surface area contributed by atoms with Gasteiger partial charge in [0.1, 0.15) is 11.7 Å². The fourth-order valence-corrected chi connectivity index (χ4v) is 2.32. The molecule has 0 radical (unpaired) electrons. The van der Waals surface area contributed by atoms with Crippen LogP contribution in [-0.2, 0) is 0 Å². The molecule has 7 heteroatoms. The number of amidine groups is 1. The van der Waals surface area contributed by atoms with Crippen molar-refractivity contribution < 1.29 is 14.4 Å². The number of nitrogens with zero attached hydrogens (tertiary/aromatic N) is 2. The van der Waals surface area contributed by atoms with Gasteiger partial charge in [-0.1, -0.05) is 12.1 Å². The van der Waals surface area contributed by atoms with E-state index in [1.807, 2.05) is 6.92 Å². The SMILES string of the molecule is CC1(/C(N)=N/O)CCN(C(=O)Nc2ccc(F)cc2)CC1. The van der Waals surface area contributed by atoms with Crippen molar-refractivity contribution in [2.75, 3.05) is 18.4 Å². The molecule has 1 aliphatic heterocycles. The van der Waals surface area contributed by atoms with Gasteiger partial charge in [-0.15, -0.1) is 0 Å². The van der Waals surface area contributed by atoms with Crippen molar-refractivity contribution >= 4 is 17.6 Å². The van der Waals surface area contributed by atoms with Crippen LogP contribution in [0.15, 0.2) is 29.4 Å². The van der Waals surface area contributed by atoms with Gasteiger partial charge in [-0.3, -0.25) is 0 Å². The van der Waals surface area contributed by atoms with E-state index >= 15 is 0 Å². The first-order chi connectivity index (χ1) is 9.94. The molecule has 0 bridgehead atoms. The van der Waals surface area contributed by atoms with Crippen molar-refractivity contribution in [1.82, 2.24) is 4.90 Å². The van der Waals surface area contributed by atoms with E-state index in [0.717, 1.165) is 0 Å². The zero-order chi connectivity index (χ0) is 15.5. The maximum atomic E-state index is 12.8. The smallest absolute Gasteiger partial charge is 0.321 e. The molecule has 4 N–H and O–H groups in total. The van der Waals surface area contributed by atoms with E-state index in [2.05, 4.69) is 10.5 Å². The highest BCUT2D eigenvalue weighted by Gasteiger charge is 2.35. The third kappa shape index (κ3) is 3.42. The van der Waals surface area contributed by atoms with E-state index in [1.165, 1.54) is 24.3 Å². The number of halogens is 1. The van der Waals surface area contributed by atoms with Crippen molar-refractivity contribution in [1.29, 1.82) is 0 Å². The summed E-state index contributed by atoms with van der Waals surface area (Å²) in [7, 11) is 0. The zero-order valence-corrected chi connectivity index (χ0v) is 11.8. The van der Waals surface area contributed by atoms with Crippen LogP contribution in [0.1, 0.15) is 19.8 Å². The minimum absolute atomic E-state index is 0.195. The van der Waals surface area contributed by atoms with E-state index in [1.54, 1.807) is 4.90 Å². The number of carbonyl (C=O) groups excluding carboxylic acids is 1. The number of nitrogens with two attached hydrogens (primary N) is 1. The first-order valence-electron chi connectivity index (χ1n) is 6.74. The molecule has 1 saturated heterocycles. The van der Waals surface area contributed by atoms with E-state index in [0.29, 0.717) is 31.6 Å². The molecule has 1 fully saturated rings. The number of nitrogens with one attached hydrogen (secondary N) is 1. The summed E-state index contributed by atoms with van der Waals surface area (Å²) in [5.74, 6) is -0.151. The molecule has 1 aliphatic rings. The normalized spacial score (nSPS) is 18.4. The Balaban J connectivity index is 1.93. The summed E-state index contributed by atoms with van der Waals surface area (Å²) in [5.41, 5.74) is 5.85. The first-order valence-corrected chi connectivity index (χ1v) is 6.74. The summed E-state index contributed by atoms with van der Waals surface area (Å²) >= 11 is 0. The molecule has 114 valence electrons. The third-order valence-electron chi connectivity index (χ3n) is 3.98. The van der Waals surface area contributed by atoms with Crippen LogP contribution < -0.4 is 11.1 Å². The quantitative estimate of drug-likeness (QED) is 0.338. The number of hydrogen-bond acceptors (Lipinski definition) is 3. The Morgan fingerprint density at radius 2 is 1.95 bits per heavy atom. The predicted octanol–water partition coefficient (Wildman–Crippen LogP) is 2.21. The van der Waals surface area contributed by atoms with E-state index in [4.69, 9.17) is 10.9 Å². The van der Waals surface area contributed by atoms with Gasteiger partial charge in [-0.05, 0) is 37.1 Å². The fraction of sp³-hybridized carbons (Fsp3) is 0.429. The van der Waals surface area contributed by atoms with Crippen LogP contribution in [0, 0.1) is 11.2 Å². The van der Waals surface area contributed by atoms with Crippen molar-refractivity contribution in [2.45, 2.75) is 19.8 Å². The Bertz CT molecular complexity index is 536. The van der Waals surface area contributed by atoms with Gasteiger partial charge >= 0.3 is 6.03 Å². The van der Waals surface area contributed by atoms with Crippen LogP contribution >= 0.6 is 0 Å². The molecule has 2 rings (SSSR count). The largest absolute Gasteiger partial charge is 0.409 e. The lowest BCUT2D eigenvalue weighted by Crippen LogP contribution is -2.48. The Morgan fingerprint density at radius 1 is 1.38 bits per heavy atom. The second kappa shape index (κ2) is 5.99. The van der Waals surface area contributed by atoms with Gasteiger partial charge < -0.3 is 21.2 Å². The molecule has 2 amide bonds. The number of benzene rings is 1. The van der Waals surface area contributed by atoms with Crippen LogP contribution in [0.25, 0.3) is 0 Å². The molecule has 0 spiro atoms. The molecule has 0 aromatic heterocycles. The summed E-state index contributed by atoms with van der Waals surface area (Å²) in [5, 5.41) is 14.6. The zero-order valence-electron chi connectivity index (χ0n) is 11.8. The van der Waals surface area contributed by atoms with Crippen LogP contribution in [0.3, 0.4) is 0 Å². The number of piperidine rings is 1. The Morgan fingerprint density at radius 3 is 2.48 bits per heavy atom. The number of likely N-dealkylation sites (tertiary alicyclic amines) is 1. The molecule has 6 nitrogen and oxygen atoms in total. The lowest BCUT2D eigenvalue weighted by atomic mass is 9.79. The van der Waals surface area contributed by atoms with Crippen molar-refractivity contribution in [3.05, 3.63) is 30.1 Å². The number of carbonyl (C=O) groups is 1. The monoisotopic (exact) mass is 294 g/mol. The Kier molecular flexibility index (Phi) is 4.30. The molecular weight excluding hydrogens is 275 g/mol. The van der Waals surface area contributed by atoms with E-state index in [-0.39, 0.29) is 23.1 Å². The number of amides is 2. The lowest BCUT2D eigenvalue weighted by Gasteiger charge is -2.38. The number of hydrogen-bond donors (Lipinski definition) is 3. The van der Waals surface area contributed by atoms with Crippen LogP contribution in [0.2, 0.25) is 0 Å². The highest BCUT2D eigenvalue weighted by molar-refractivity contribution is 5.90. The summed E-state index contributed by atoms with van der Waals surface area (Å²) < 4.78 is 12.8. The van der Waals surface area contributed by atoms with Gasteiger partial charge in [-0.25, -0.2) is 9.18 Å². The number of rotatable bonds is 2. The summed E-state index contributed by atoms with van der Waals surface area (Å²) in [6.07, 6.45) is 1.25. The van der Waals surface area contributed by atoms with Crippen LogP contribution in [0.5, 0.6) is 0 Å². The maximum Gasteiger partial charge on any atom is 0.321 e. The van der Waals surface area contributed by atoms with Gasteiger partial charge in [0.05, 0.1) is 0 Å². The predicted molar refractivity (Wildman–Crippen MR) is 77.7 cm³/mol. The fourth-order valence-electron chi connectivity index (χ4n) is 2.32. The van der Waals surface area contributed by atoms with Gasteiger partial charge in [0.2, 0.25) is 0 Å². The van der Waals surface area contributed by atoms with E-state index in [9.17, 15) is 9.18 Å². The Hall–Kier alpha value is -2.31. The van der Waals surface area contributed by atoms with Gasteiger partial charge in [-0.2, -0.15) is 0 Å². The van der Waals surface area contributed by atoms with E-state index < -0.39 is 0 Å². The minimum atomic E-state index is -0.387. The highest BCUT2D eigenvalue weighted by Crippen LogP contribution is 2.31. The molecule has 0 aliphatic carbocycles. The first kappa shape index (κ1) is 15.1. The molecule has 0 saturated carbocycles. The average molecular weight is 294 g/mol. The molecule has 1 aromatic carbocycles.